The first-order valence-electron chi connectivity index (χ1n) is 7.47. The molecule has 2 heterocycles. The summed E-state index contributed by atoms with van der Waals surface area (Å²) in [5.74, 6) is 0.818. The summed E-state index contributed by atoms with van der Waals surface area (Å²) < 4.78 is 0. The third-order valence-corrected chi connectivity index (χ3v) is 4.15. The highest BCUT2D eigenvalue weighted by Crippen LogP contribution is 2.26. The number of hydrogen-bond donors (Lipinski definition) is 2. The van der Waals surface area contributed by atoms with Crippen LogP contribution in [0.4, 0.5) is 11.6 Å². The smallest absolute Gasteiger partial charge is 0.232 e. The van der Waals surface area contributed by atoms with Crippen LogP contribution in [0.15, 0.2) is 42.6 Å². The van der Waals surface area contributed by atoms with Crippen LogP contribution in [0.1, 0.15) is 5.56 Å². The Morgan fingerprint density at radius 1 is 1.00 bits per heavy atom. The Kier molecular flexibility index (Phi) is 3.99. The highest BCUT2D eigenvalue weighted by molar-refractivity contribution is 6.31. The fourth-order valence-corrected chi connectivity index (χ4v) is 2.84. The van der Waals surface area contributed by atoms with Crippen molar-refractivity contribution in [1.82, 2.24) is 25.1 Å². The number of H-pyrrole nitrogens is 1. The molecule has 0 aliphatic carbocycles. The average molecular weight is 371 g/mol. The van der Waals surface area contributed by atoms with Gasteiger partial charge in [0, 0.05) is 21.7 Å². The topological polar surface area (TPSA) is 79.4 Å². The maximum atomic E-state index is 6.09. The van der Waals surface area contributed by atoms with Gasteiger partial charge >= 0.3 is 0 Å². The van der Waals surface area contributed by atoms with Crippen LogP contribution in [0.25, 0.3) is 22.3 Å². The molecule has 0 fully saturated rings. The number of anilines is 2. The van der Waals surface area contributed by atoms with Crippen molar-refractivity contribution in [3.05, 3.63) is 58.5 Å². The van der Waals surface area contributed by atoms with E-state index < -0.39 is 0 Å². The van der Waals surface area contributed by atoms with E-state index in [1.54, 1.807) is 6.20 Å². The van der Waals surface area contributed by atoms with Crippen molar-refractivity contribution in [2.24, 2.45) is 0 Å². The molecule has 0 bridgehead atoms. The van der Waals surface area contributed by atoms with E-state index >= 15 is 0 Å². The number of hydrogen-bond acceptors (Lipinski definition) is 5. The second-order valence-corrected chi connectivity index (χ2v) is 6.28. The van der Waals surface area contributed by atoms with Crippen LogP contribution in [0.2, 0.25) is 10.3 Å². The summed E-state index contributed by atoms with van der Waals surface area (Å²) in [7, 11) is 0. The Balaban J connectivity index is 1.73. The summed E-state index contributed by atoms with van der Waals surface area (Å²) in [4.78, 5) is 12.8. The van der Waals surface area contributed by atoms with E-state index in [-0.39, 0.29) is 5.28 Å². The van der Waals surface area contributed by atoms with Crippen LogP contribution in [-0.2, 0) is 0 Å². The third kappa shape index (κ3) is 3.26. The van der Waals surface area contributed by atoms with Gasteiger partial charge in [-0.05, 0) is 54.4 Å². The van der Waals surface area contributed by atoms with Gasteiger partial charge in [-0.15, -0.1) is 0 Å². The van der Waals surface area contributed by atoms with Gasteiger partial charge in [-0.25, -0.2) is 0 Å². The molecule has 0 amide bonds. The summed E-state index contributed by atoms with van der Waals surface area (Å²) in [6.07, 6.45) is 1.76. The number of aryl methyl sites for hydroxylation is 1. The van der Waals surface area contributed by atoms with Crippen LogP contribution in [-0.4, -0.2) is 25.1 Å². The minimum Gasteiger partial charge on any atom is -0.324 e. The van der Waals surface area contributed by atoms with Crippen molar-refractivity contribution >= 4 is 45.7 Å². The average Bonchev–Trinajstić information content (AvgIpc) is 3.04. The molecule has 2 N–H and O–H groups in total. The second-order valence-electron chi connectivity index (χ2n) is 5.51. The summed E-state index contributed by atoms with van der Waals surface area (Å²) in [6, 6.07) is 11.3. The molecule has 0 saturated heterocycles. The van der Waals surface area contributed by atoms with E-state index in [9.17, 15) is 0 Å². The van der Waals surface area contributed by atoms with Crippen LogP contribution in [0.3, 0.4) is 0 Å². The van der Waals surface area contributed by atoms with Gasteiger partial charge < -0.3 is 5.32 Å². The van der Waals surface area contributed by atoms with Crippen LogP contribution in [0.5, 0.6) is 0 Å². The minimum absolute atomic E-state index is 0.106. The summed E-state index contributed by atoms with van der Waals surface area (Å²) >= 11 is 12.2. The molecule has 25 heavy (non-hydrogen) atoms. The number of nitrogens with zero attached hydrogens (tertiary/aromatic N) is 4. The molecule has 6 nitrogen and oxygen atoms in total. The highest BCUT2D eigenvalue weighted by atomic mass is 35.5. The SMILES string of the molecule is Cc1ccc(Cl)cc1-c1nc(Cl)nc(Nc2ccc3cn[nH]c3c2)n1. The van der Waals surface area contributed by atoms with Gasteiger partial charge in [-0.2, -0.15) is 20.1 Å². The number of fused-ring (bicyclic) bond motifs is 1. The van der Waals surface area contributed by atoms with Crippen molar-refractivity contribution in [3.63, 3.8) is 0 Å². The first-order valence-corrected chi connectivity index (χ1v) is 8.22. The number of nitrogens with one attached hydrogen (secondary N) is 2. The predicted octanol–water partition coefficient (Wildman–Crippen LogP) is 4.77. The van der Waals surface area contributed by atoms with Crippen LogP contribution in [0, 0.1) is 6.92 Å². The molecular weight excluding hydrogens is 359 g/mol. The van der Waals surface area contributed by atoms with Crippen molar-refractivity contribution in [2.45, 2.75) is 6.92 Å². The number of rotatable bonds is 3. The molecule has 0 unspecified atom stereocenters. The van der Waals surface area contributed by atoms with Crippen LogP contribution >= 0.6 is 23.2 Å². The van der Waals surface area contributed by atoms with E-state index in [4.69, 9.17) is 23.2 Å². The molecule has 4 rings (SSSR count). The fourth-order valence-electron chi connectivity index (χ4n) is 2.51. The van der Waals surface area contributed by atoms with E-state index in [0.717, 1.165) is 27.7 Å². The molecule has 0 saturated carbocycles. The first kappa shape index (κ1) is 15.8. The lowest BCUT2D eigenvalue weighted by molar-refractivity contribution is 1.06. The monoisotopic (exact) mass is 370 g/mol. The van der Waals surface area contributed by atoms with Crippen LogP contribution < -0.4 is 5.32 Å². The summed E-state index contributed by atoms with van der Waals surface area (Å²) in [6.45, 7) is 1.96. The molecule has 0 atom stereocenters. The van der Waals surface area contributed by atoms with Crippen molar-refractivity contribution < 1.29 is 0 Å². The summed E-state index contributed by atoms with van der Waals surface area (Å²) in [5.41, 5.74) is 3.53. The maximum Gasteiger partial charge on any atom is 0.232 e. The zero-order valence-electron chi connectivity index (χ0n) is 13.1. The standard InChI is InChI=1S/C17H12Cl2N6/c1-9-2-4-11(18)6-13(9)15-22-16(19)24-17(23-15)21-12-5-3-10-8-20-25-14(10)7-12/h2-8H,1H3,(H,20,25)(H,21,22,23,24). The predicted molar refractivity (Wildman–Crippen MR) is 99.4 cm³/mol. The molecule has 0 spiro atoms. The minimum atomic E-state index is 0.106. The summed E-state index contributed by atoms with van der Waals surface area (Å²) in [5, 5.41) is 11.8. The van der Waals surface area contributed by atoms with Gasteiger partial charge in [0.05, 0.1) is 11.7 Å². The van der Waals surface area contributed by atoms with Crippen molar-refractivity contribution in [3.8, 4) is 11.4 Å². The van der Waals surface area contributed by atoms with Gasteiger partial charge in [0.1, 0.15) is 0 Å². The Hall–Kier alpha value is -2.70. The second kappa shape index (κ2) is 6.31. The van der Waals surface area contributed by atoms with E-state index in [1.165, 1.54) is 0 Å². The Labute approximate surface area is 153 Å². The lowest BCUT2D eigenvalue weighted by atomic mass is 10.1. The lowest BCUT2D eigenvalue weighted by Crippen LogP contribution is -2.02. The van der Waals surface area contributed by atoms with Gasteiger partial charge in [-0.1, -0.05) is 17.7 Å². The van der Waals surface area contributed by atoms with E-state index in [0.29, 0.717) is 16.8 Å². The highest BCUT2D eigenvalue weighted by Gasteiger charge is 2.11. The molecule has 4 aromatic rings. The Bertz CT molecular complexity index is 1080. The molecule has 8 heteroatoms. The first-order chi connectivity index (χ1) is 12.1. The van der Waals surface area contributed by atoms with Gasteiger partial charge in [0.15, 0.2) is 5.82 Å². The molecule has 0 radical (unpaired) electrons. The number of aromatic amines is 1. The van der Waals surface area contributed by atoms with Gasteiger partial charge in [0.2, 0.25) is 11.2 Å². The molecule has 2 aromatic carbocycles. The molecule has 0 aliphatic rings. The zero-order chi connectivity index (χ0) is 17.4. The zero-order valence-corrected chi connectivity index (χ0v) is 14.6. The maximum absolute atomic E-state index is 6.09. The molecular formula is C17H12Cl2N6. The van der Waals surface area contributed by atoms with Gasteiger partial charge in [0.25, 0.3) is 0 Å². The largest absolute Gasteiger partial charge is 0.324 e. The van der Waals surface area contributed by atoms with Crippen molar-refractivity contribution in [2.75, 3.05) is 5.32 Å². The van der Waals surface area contributed by atoms with E-state index in [2.05, 4.69) is 30.5 Å². The fraction of sp³-hybridized carbons (Fsp3) is 0.0588. The normalized spacial score (nSPS) is 11.0. The number of benzene rings is 2. The molecule has 0 aliphatic heterocycles. The van der Waals surface area contributed by atoms with Gasteiger partial charge in [-0.3, -0.25) is 5.10 Å². The Morgan fingerprint density at radius 2 is 1.88 bits per heavy atom. The molecule has 2 aromatic heterocycles. The van der Waals surface area contributed by atoms with E-state index in [1.807, 2.05) is 43.3 Å². The van der Waals surface area contributed by atoms with Crippen molar-refractivity contribution in [1.29, 1.82) is 0 Å². The molecule has 124 valence electrons. The number of aromatic nitrogens is 5. The third-order valence-electron chi connectivity index (χ3n) is 3.75. The lowest BCUT2D eigenvalue weighted by Gasteiger charge is -2.09. The Morgan fingerprint density at radius 3 is 2.76 bits per heavy atom. The number of halogens is 2. The quantitative estimate of drug-likeness (QED) is 0.542.